The highest BCUT2D eigenvalue weighted by Crippen LogP contribution is 2.27. The molecular weight excluding hydrogens is 405 g/mol. The van der Waals surface area contributed by atoms with Crippen molar-refractivity contribution in [2.45, 2.75) is 11.8 Å². The van der Waals surface area contributed by atoms with Crippen LogP contribution in [0.5, 0.6) is 5.75 Å². The number of benzene rings is 3. The van der Waals surface area contributed by atoms with E-state index in [0.29, 0.717) is 15.6 Å². The van der Waals surface area contributed by atoms with Gasteiger partial charge in [0.1, 0.15) is 4.90 Å². The van der Waals surface area contributed by atoms with Gasteiger partial charge in [0.05, 0.1) is 5.69 Å². The first-order valence-electron chi connectivity index (χ1n) is 7.94. The molecule has 27 heavy (non-hydrogen) atoms. The van der Waals surface area contributed by atoms with Gasteiger partial charge in [-0.05, 0) is 61.0 Å². The molecule has 0 atom stereocenters. The Hall–Kier alpha value is -2.34. The van der Waals surface area contributed by atoms with Crippen LogP contribution in [0.2, 0.25) is 10.0 Å². The number of hydrogen-bond donors (Lipinski definition) is 0. The number of aliphatic imine (C=N–C) groups is 1. The lowest BCUT2D eigenvalue weighted by Gasteiger charge is -2.10. The molecule has 3 aromatic rings. The van der Waals surface area contributed by atoms with Gasteiger partial charge in [0.15, 0.2) is 5.75 Å². The molecule has 0 saturated heterocycles. The molecular formula is C20H15Cl2NO3S. The molecule has 3 rings (SSSR count). The molecule has 0 saturated carbocycles. The second-order valence-electron chi connectivity index (χ2n) is 5.72. The van der Waals surface area contributed by atoms with Crippen molar-refractivity contribution in [3.05, 3.63) is 87.9 Å². The zero-order valence-electron chi connectivity index (χ0n) is 14.3. The molecule has 0 aliphatic rings. The van der Waals surface area contributed by atoms with E-state index in [4.69, 9.17) is 27.4 Å². The first kappa shape index (κ1) is 19.4. The minimum Gasteiger partial charge on any atom is -0.378 e. The van der Waals surface area contributed by atoms with Gasteiger partial charge in [-0.2, -0.15) is 8.42 Å². The first-order valence-corrected chi connectivity index (χ1v) is 10.1. The average Bonchev–Trinajstić information content (AvgIpc) is 2.63. The predicted octanol–water partition coefficient (Wildman–Crippen LogP) is 5.82. The monoisotopic (exact) mass is 419 g/mol. The molecule has 0 aliphatic heterocycles. The summed E-state index contributed by atoms with van der Waals surface area (Å²) in [5, 5.41) is 0.879. The van der Waals surface area contributed by atoms with Crippen molar-refractivity contribution in [3.63, 3.8) is 0 Å². The maximum Gasteiger partial charge on any atom is 0.339 e. The minimum absolute atomic E-state index is 0.00337. The van der Waals surface area contributed by atoms with E-state index in [9.17, 15) is 8.42 Å². The third-order valence-electron chi connectivity index (χ3n) is 3.73. The molecule has 0 spiro atoms. The van der Waals surface area contributed by atoms with Crippen LogP contribution < -0.4 is 4.18 Å². The van der Waals surface area contributed by atoms with E-state index in [-0.39, 0.29) is 10.6 Å². The fourth-order valence-corrected chi connectivity index (χ4v) is 3.57. The standard InChI is InChI=1S/C20H15Cl2NO3S/c1-14-4-2-3-5-19(14)23-13-15-12-17(22)8-11-20(15)26-27(24,25)18-9-6-16(21)7-10-18/h2-13H,1H3. The number of rotatable bonds is 5. The largest absolute Gasteiger partial charge is 0.378 e. The summed E-state index contributed by atoms with van der Waals surface area (Å²) in [4.78, 5) is 4.42. The normalized spacial score (nSPS) is 11.7. The van der Waals surface area contributed by atoms with Crippen molar-refractivity contribution in [3.8, 4) is 5.75 Å². The highest BCUT2D eigenvalue weighted by atomic mass is 35.5. The Morgan fingerprint density at radius 1 is 0.926 bits per heavy atom. The van der Waals surface area contributed by atoms with E-state index in [0.717, 1.165) is 11.3 Å². The number of para-hydroxylation sites is 1. The number of hydrogen-bond acceptors (Lipinski definition) is 4. The van der Waals surface area contributed by atoms with Gasteiger partial charge in [-0.3, -0.25) is 4.99 Å². The SMILES string of the molecule is Cc1ccccc1N=Cc1cc(Cl)ccc1OS(=O)(=O)c1ccc(Cl)cc1. The Morgan fingerprint density at radius 3 is 2.30 bits per heavy atom. The third-order valence-corrected chi connectivity index (χ3v) is 5.47. The van der Waals surface area contributed by atoms with Gasteiger partial charge in [-0.25, -0.2) is 0 Å². The molecule has 0 bridgehead atoms. The molecule has 3 aromatic carbocycles. The topological polar surface area (TPSA) is 55.7 Å². The van der Waals surface area contributed by atoms with Crippen LogP contribution >= 0.6 is 23.2 Å². The van der Waals surface area contributed by atoms with Gasteiger partial charge >= 0.3 is 10.1 Å². The van der Waals surface area contributed by atoms with E-state index in [2.05, 4.69) is 4.99 Å². The molecule has 138 valence electrons. The smallest absolute Gasteiger partial charge is 0.339 e. The highest BCUT2D eigenvalue weighted by Gasteiger charge is 2.18. The van der Waals surface area contributed by atoms with Crippen molar-refractivity contribution in [1.82, 2.24) is 0 Å². The summed E-state index contributed by atoms with van der Waals surface area (Å²) in [7, 11) is -4.02. The van der Waals surface area contributed by atoms with Crippen LogP contribution in [0.1, 0.15) is 11.1 Å². The number of nitrogens with zero attached hydrogens (tertiary/aromatic N) is 1. The first-order chi connectivity index (χ1) is 12.8. The van der Waals surface area contributed by atoms with Crippen LogP contribution in [-0.4, -0.2) is 14.6 Å². The summed E-state index contributed by atoms with van der Waals surface area (Å²) < 4.78 is 30.4. The van der Waals surface area contributed by atoms with Gasteiger partial charge in [0, 0.05) is 21.8 Å². The Labute approximate surface area is 168 Å². The van der Waals surface area contributed by atoms with Gasteiger partial charge in [-0.15, -0.1) is 0 Å². The highest BCUT2D eigenvalue weighted by molar-refractivity contribution is 7.87. The van der Waals surface area contributed by atoms with Crippen LogP contribution in [0.25, 0.3) is 0 Å². The molecule has 0 heterocycles. The summed E-state index contributed by atoms with van der Waals surface area (Å²) in [5.41, 5.74) is 2.21. The molecule has 0 radical (unpaired) electrons. The molecule has 0 amide bonds. The number of halogens is 2. The van der Waals surface area contributed by atoms with Crippen molar-refractivity contribution in [1.29, 1.82) is 0 Å². The lowest BCUT2D eigenvalue weighted by Crippen LogP contribution is -2.10. The number of aryl methyl sites for hydroxylation is 1. The summed E-state index contributed by atoms with van der Waals surface area (Å²) in [6, 6.07) is 18.0. The molecule has 7 heteroatoms. The quantitative estimate of drug-likeness (QED) is 0.386. The maximum absolute atomic E-state index is 12.5. The van der Waals surface area contributed by atoms with E-state index in [1.807, 2.05) is 31.2 Å². The van der Waals surface area contributed by atoms with Crippen LogP contribution in [0.3, 0.4) is 0 Å². The van der Waals surface area contributed by atoms with E-state index in [1.165, 1.54) is 36.5 Å². The predicted molar refractivity (Wildman–Crippen MR) is 109 cm³/mol. The summed E-state index contributed by atoms with van der Waals surface area (Å²) in [6.45, 7) is 1.94. The zero-order valence-corrected chi connectivity index (χ0v) is 16.6. The summed E-state index contributed by atoms with van der Waals surface area (Å²) in [6.07, 6.45) is 1.53. The molecule has 0 aromatic heterocycles. The Bertz CT molecular complexity index is 1090. The Kier molecular flexibility index (Phi) is 5.85. The van der Waals surface area contributed by atoms with Crippen LogP contribution in [-0.2, 0) is 10.1 Å². The molecule has 4 nitrogen and oxygen atoms in total. The Balaban J connectivity index is 1.95. The lowest BCUT2D eigenvalue weighted by atomic mass is 10.2. The van der Waals surface area contributed by atoms with E-state index >= 15 is 0 Å². The fourth-order valence-electron chi connectivity index (χ4n) is 2.31. The summed E-state index contributed by atoms with van der Waals surface area (Å²) >= 11 is 11.9. The molecule has 0 fully saturated rings. The van der Waals surface area contributed by atoms with Gasteiger partial charge < -0.3 is 4.18 Å². The van der Waals surface area contributed by atoms with Crippen LogP contribution in [0.15, 0.2) is 76.6 Å². The van der Waals surface area contributed by atoms with Gasteiger partial charge in [-0.1, -0.05) is 41.4 Å². The second-order valence-corrected chi connectivity index (χ2v) is 8.14. The van der Waals surface area contributed by atoms with E-state index < -0.39 is 10.1 Å². The lowest BCUT2D eigenvalue weighted by molar-refractivity contribution is 0.485. The average molecular weight is 420 g/mol. The van der Waals surface area contributed by atoms with Crippen LogP contribution in [0.4, 0.5) is 5.69 Å². The van der Waals surface area contributed by atoms with Crippen LogP contribution in [0, 0.1) is 6.92 Å². The summed E-state index contributed by atoms with van der Waals surface area (Å²) in [5.74, 6) is 0.131. The van der Waals surface area contributed by atoms with Gasteiger partial charge in [0.25, 0.3) is 0 Å². The van der Waals surface area contributed by atoms with Crippen molar-refractivity contribution in [2.24, 2.45) is 4.99 Å². The zero-order chi connectivity index (χ0) is 19.4. The second kappa shape index (κ2) is 8.13. The Morgan fingerprint density at radius 2 is 1.59 bits per heavy atom. The van der Waals surface area contributed by atoms with Crippen molar-refractivity contribution >= 4 is 45.2 Å². The third kappa shape index (κ3) is 4.89. The van der Waals surface area contributed by atoms with E-state index in [1.54, 1.807) is 12.1 Å². The molecule has 0 N–H and O–H groups in total. The molecule has 0 unspecified atom stereocenters. The minimum atomic E-state index is -4.02. The molecule has 0 aliphatic carbocycles. The maximum atomic E-state index is 12.5. The van der Waals surface area contributed by atoms with Gasteiger partial charge in [0.2, 0.25) is 0 Å². The fraction of sp³-hybridized carbons (Fsp3) is 0.0500. The van der Waals surface area contributed by atoms with Crippen molar-refractivity contribution < 1.29 is 12.6 Å². The van der Waals surface area contributed by atoms with Crippen molar-refractivity contribution in [2.75, 3.05) is 0 Å².